The Morgan fingerprint density at radius 2 is 1.82 bits per heavy atom. The molecule has 0 radical (unpaired) electrons. The molecule has 0 atom stereocenters. The highest BCUT2D eigenvalue weighted by atomic mass is 35.5. The molecule has 0 bridgehead atoms. The Labute approximate surface area is 176 Å². The van der Waals surface area contributed by atoms with Crippen molar-refractivity contribution in [3.05, 3.63) is 69.8 Å². The monoisotopic (exact) mass is 417 g/mol. The summed E-state index contributed by atoms with van der Waals surface area (Å²) < 4.78 is 7.68. The highest BCUT2D eigenvalue weighted by Crippen LogP contribution is 2.26. The fourth-order valence-corrected chi connectivity index (χ4v) is 4.18. The molecule has 148 valence electrons. The van der Waals surface area contributed by atoms with Crippen LogP contribution >= 0.6 is 23.2 Å². The molecule has 0 unspecified atom stereocenters. The maximum atomic E-state index is 6.39. The second-order valence-corrected chi connectivity index (χ2v) is 8.01. The number of hydrogen-bond donors (Lipinski definition) is 1. The van der Waals surface area contributed by atoms with Gasteiger partial charge in [0, 0.05) is 66.4 Å². The molecular formula is C22H25Cl2N3O. The number of aromatic nitrogens is 1. The largest absolute Gasteiger partial charge is 0.379 e. The topological polar surface area (TPSA) is 29.4 Å². The summed E-state index contributed by atoms with van der Waals surface area (Å²) in [4.78, 5) is 2.45. The van der Waals surface area contributed by atoms with Gasteiger partial charge < -0.3 is 14.6 Å². The third-order valence-electron chi connectivity index (χ3n) is 5.25. The van der Waals surface area contributed by atoms with E-state index in [1.165, 1.54) is 16.5 Å². The van der Waals surface area contributed by atoms with E-state index in [1.807, 2.05) is 12.1 Å². The van der Waals surface area contributed by atoms with Crippen LogP contribution in [0.5, 0.6) is 0 Å². The van der Waals surface area contributed by atoms with Gasteiger partial charge in [-0.2, -0.15) is 0 Å². The minimum absolute atomic E-state index is 0.663. The van der Waals surface area contributed by atoms with Crippen molar-refractivity contribution in [3.63, 3.8) is 0 Å². The molecule has 3 aromatic rings. The fraction of sp³-hybridized carbons (Fsp3) is 0.364. The summed E-state index contributed by atoms with van der Waals surface area (Å²) in [5.41, 5.74) is 3.60. The molecule has 1 aliphatic rings. The van der Waals surface area contributed by atoms with Crippen molar-refractivity contribution in [2.45, 2.75) is 13.1 Å². The lowest BCUT2D eigenvalue weighted by atomic mass is 10.2. The van der Waals surface area contributed by atoms with E-state index in [-0.39, 0.29) is 0 Å². The first kappa shape index (κ1) is 19.7. The Bertz CT molecular complexity index is 935. The van der Waals surface area contributed by atoms with Crippen LogP contribution in [-0.2, 0) is 17.8 Å². The van der Waals surface area contributed by atoms with Gasteiger partial charge in [0.2, 0.25) is 0 Å². The lowest BCUT2D eigenvalue weighted by Gasteiger charge is -2.26. The number of rotatable bonds is 7. The van der Waals surface area contributed by atoms with Crippen LogP contribution < -0.4 is 5.32 Å². The lowest BCUT2D eigenvalue weighted by Crippen LogP contribution is -2.40. The smallest absolute Gasteiger partial charge is 0.0594 e. The van der Waals surface area contributed by atoms with Crippen LogP contribution in [0.1, 0.15) is 11.1 Å². The van der Waals surface area contributed by atoms with E-state index in [2.05, 4.69) is 45.2 Å². The van der Waals surface area contributed by atoms with Crippen molar-refractivity contribution in [3.8, 4) is 0 Å². The first-order chi connectivity index (χ1) is 13.7. The van der Waals surface area contributed by atoms with E-state index in [0.29, 0.717) is 10.0 Å². The molecule has 1 N–H and O–H groups in total. The predicted octanol–water partition coefficient (Wildman–Crippen LogP) is 4.42. The second kappa shape index (κ2) is 9.29. The van der Waals surface area contributed by atoms with Gasteiger partial charge in [-0.1, -0.05) is 47.5 Å². The zero-order valence-electron chi connectivity index (χ0n) is 15.8. The van der Waals surface area contributed by atoms with Crippen molar-refractivity contribution in [1.29, 1.82) is 0 Å². The standard InChI is InChI=1S/C22H25Cl2N3O/c23-19-6-5-17(21(24)13-19)15-27-16-18(20-3-1-2-4-22(20)27)14-25-7-8-26-9-11-28-12-10-26/h1-6,13,16,25H,7-12,14-15H2. The highest BCUT2D eigenvalue weighted by Gasteiger charge is 2.12. The summed E-state index contributed by atoms with van der Waals surface area (Å²) in [6.07, 6.45) is 2.23. The zero-order chi connectivity index (χ0) is 19.3. The van der Waals surface area contributed by atoms with Crippen LogP contribution in [0.4, 0.5) is 0 Å². The maximum absolute atomic E-state index is 6.39. The molecule has 0 aliphatic carbocycles. The lowest BCUT2D eigenvalue weighted by molar-refractivity contribution is 0.0384. The van der Waals surface area contributed by atoms with Gasteiger partial charge in [-0.3, -0.25) is 4.90 Å². The quantitative estimate of drug-likeness (QED) is 0.576. The van der Waals surface area contributed by atoms with Crippen LogP contribution in [0.15, 0.2) is 48.7 Å². The third-order valence-corrected chi connectivity index (χ3v) is 5.84. The van der Waals surface area contributed by atoms with Gasteiger partial charge in [0.1, 0.15) is 0 Å². The minimum Gasteiger partial charge on any atom is -0.379 e. The number of ether oxygens (including phenoxy) is 1. The molecule has 0 saturated carbocycles. The van der Waals surface area contributed by atoms with Gasteiger partial charge >= 0.3 is 0 Å². The number of nitrogens with one attached hydrogen (secondary N) is 1. The molecule has 1 saturated heterocycles. The van der Waals surface area contributed by atoms with E-state index in [9.17, 15) is 0 Å². The second-order valence-electron chi connectivity index (χ2n) is 7.17. The van der Waals surface area contributed by atoms with Crippen molar-refractivity contribution in [2.75, 3.05) is 39.4 Å². The Balaban J connectivity index is 1.45. The minimum atomic E-state index is 0.663. The van der Waals surface area contributed by atoms with Gasteiger partial charge in [-0.25, -0.2) is 0 Å². The molecule has 6 heteroatoms. The Hall–Kier alpha value is -1.56. The number of hydrogen-bond acceptors (Lipinski definition) is 3. The average molecular weight is 418 g/mol. The molecule has 1 aliphatic heterocycles. The van der Waals surface area contributed by atoms with Gasteiger partial charge in [-0.15, -0.1) is 0 Å². The number of halogens is 2. The number of nitrogens with zero attached hydrogens (tertiary/aromatic N) is 2. The van der Waals surface area contributed by atoms with Crippen LogP contribution in [0.25, 0.3) is 10.9 Å². The number of morpholine rings is 1. The van der Waals surface area contributed by atoms with Crippen LogP contribution in [-0.4, -0.2) is 48.9 Å². The summed E-state index contributed by atoms with van der Waals surface area (Å²) in [5.74, 6) is 0. The van der Waals surface area contributed by atoms with Crippen LogP contribution in [0.3, 0.4) is 0 Å². The number of benzene rings is 2. The molecule has 28 heavy (non-hydrogen) atoms. The Morgan fingerprint density at radius 3 is 2.64 bits per heavy atom. The molecule has 0 spiro atoms. The first-order valence-corrected chi connectivity index (χ1v) is 10.5. The molecule has 1 aromatic heterocycles. The number of para-hydroxylation sites is 1. The normalized spacial score (nSPS) is 15.4. The van der Waals surface area contributed by atoms with Crippen LogP contribution in [0, 0.1) is 0 Å². The highest BCUT2D eigenvalue weighted by molar-refractivity contribution is 6.35. The van der Waals surface area contributed by atoms with E-state index >= 15 is 0 Å². The molecule has 4 nitrogen and oxygen atoms in total. The van der Waals surface area contributed by atoms with Gasteiger partial charge in [0.25, 0.3) is 0 Å². The average Bonchev–Trinajstić information content (AvgIpc) is 3.06. The van der Waals surface area contributed by atoms with Crippen molar-refractivity contribution >= 4 is 34.1 Å². The fourth-order valence-electron chi connectivity index (χ4n) is 3.71. The summed E-state index contributed by atoms with van der Waals surface area (Å²) in [7, 11) is 0. The van der Waals surface area contributed by atoms with Gasteiger partial charge in [0.15, 0.2) is 0 Å². The molecule has 1 fully saturated rings. The van der Waals surface area contributed by atoms with E-state index in [1.54, 1.807) is 6.07 Å². The maximum Gasteiger partial charge on any atom is 0.0594 e. The van der Waals surface area contributed by atoms with Gasteiger partial charge in [-0.05, 0) is 29.3 Å². The molecule has 2 heterocycles. The van der Waals surface area contributed by atoms with E-state index in [0.717, 1.165) is 58.0 Å². The molecule has 4 rings (SSSR count). The predicted molar refractivity (Wildman–Crippen MR) is 116 cm³/mol. The van der Waals surface area contributed by atoms with Crippen LogP contribution in [0.2, 0.25) is 10.0 Å². The third kappa shape index (κ3) is 4.70. The Kier molecular flexibility index (Phi) is 6.55. The summed E-state index contributed by atoms with van der Waals surface area (Å²) in [6.45, 7) is 7.37. The van der Waals surface area contributed by atoms with Crippen molar-refractivity contribution < 1.29 is 4.74 Å². The Morgan fingerprint density at radius 1 is 1.00 bits per heavy atom. The first-order valence-electron chi connectivity index (χ1n) is 9.72. The van der Waals surface area contributed by atoms with E-state index in [4.69, 9.17) is 27.9 Å². The summed E-state index contributed by atoms with van der Waals surface area (Å²) in [6, 6.07) is 14.2. The van der Waals surface area contributed by atoms with Crippen molar-refractivity contribution in [1.82, 2.24) is 14.8 Å². The molecule has 2 aromatic carbocycles. The van der Waals surface area contributed by atoms with E-state index < -0.39 is 0 Å². The summed E-state index contributed by atoms with van der Waals surface area (Å²) >= 11 is 12.4. The molecular weight excluding hydrogens is 393 g/mol. The summed E-state index contributed by atoms with van der Waals surface area (Å²) in [5, 5.41) is 6.25. The SMILES string of the molecule is Clc1ccc(Cn2cc(CNCCN3CCOCC3)c3ccccc32)c(Cl)c1. The van der Waals surface area contributed by atoms with Gasteiger partial charge in [0.05, 0.1) is 13.2 Å². The zero-order valence-corrected chi connectivity index (χ0v) is 17.3. The van der Waals surface area contributed by atoms with Crippen molar-refractivity contribution in [2.24, 2.45) is 0 Å². The molecule has 0 amide bonds. The number of fused-ring (bicyclic) bond motifs is 1.